The molecular weight excluding hydrogens is 322 g/mol. The average Bonchev–Trinajstić information content (AvgIpc) is 2.53. The van der Waals surface area contributed by atoms with Gasteiger partial charge in [-0.25, -0.2) is 0 Å². The van der Waals surface area contributed by atoms with Crippen LogP contribution in [0.2, 0.25) is 0 Å². The number of aromatic nitrogens is 1. The van der Waals surface area contributed by atoms with E-state index in [1.807, 2.05) is 0 Å². The highest BCUT2D eigenvalue weighted by Gasteiger charge is 2.50. The number of hydrogen-bond acceptors (Lipinski definition) is 6. The molecule has 128 valence electrons. The maximum Gasteiger partial charge on any atom is 0.173 e. The first-order chi connectivity index (χ1) is 11.9. The number of fused-ring (bicyclic) bond motifs is 3. The summed E-state index contributed by atoms with van der Waals surface area (Å²) in [7, 11) is 0. The van der Waals surface area contributed by atoms with Crippen molar-refractivity contribution in [3.63, 3.8) is 0 Å². The standard InChI is InChI=1S/C19H17NO5/c1-8(21)14-13(22)7-10-5-9-6-12-11(3-2-4-20-12)17(23)15(9)19(25)16(10)18(14)24/h2-4,9-10,16,23-24H,5-7H2,1H3/t9-,10+,16?/m1/s1. The fourth-order valence-corrected chi connectivity index (χ4v) is 4.46. The van der Waals surface area contributed by atoms with Gasteiger partial charge in [0.25, 0.3) is 0 Å². The maximum absolute atomic E-state index is 13.0. The first-order valence-electron chi connectivity index (χ1n) is 8.29. The van der Waals surface area contributed by atoms with Crippen LogP contribution >= 0.6 is 0 Å². The lowest BCUT2D eigenvalue weighted by molar-refractivity contribution is -0.127. The van der Waals surface area contributed by atoms with Crippen LogP contribution in [-0.2, 0) is 20.8 Å². The molecule has 6 nitrogen and oxygen atoms in total. The van der Waals surface area contributed by atoms with Crippen LogP contribution in [0.4, 0.5) is 0 Å². The van der Waals surface area contributed by atoms with Gasteiger partial charge in [0.15, 0.2) is 17.3 Å². The van der Waals surface area contributed by atoms with Crippen molar-refractivity contribution in [1.82, 2.24) is 4.98 Å². The highest BCUT2D eigenvalue weighted by atomic mass is 16.3. The molecule has 0 saturated heterocycles. The first kappa shape index (κ1) is 15.7. The zero-order valence-electron chi connectivity index (χ0n) is 13.7. The molecule has 1 aromatic heterocycles. The Bertz CT molecular complexity index is 895. The minimum Gasteiger partial charge on any atom is -0.511 e. The van der Waals surface area contributed by atoms with Crippen LogP contribution in [0, 0.1) is 17.8 Å². The highest BCUT2D eigenvalue weighted by Crippen LogP contribution is 2.48. The third-order valence-corrected chi connectivity index (χ3v) is 5.48. The predicted octanol–water partition coefficient (Wildman–Crippen LogP) is 2.10. The number of aliphatic hydroxyl groups is 2. The van der Waals surface area contributed by atoms with Crippen LogP contribution in [0.15, 0.2) is 35.2 Å². The van der Waals surface area contributed by atoms with Crippen molar-refractivity contribution >= 4 is 23.1 Å². The van der Waals surface area contributed by atoms with E-state index in [1.54, 1.807) is 18.3 Å². The number of aliphatic hydroxyl groups excluding tert-OH is 2. The summed E-state index contributed by atoms with van der Waals surface area (Å²) < 4.78 is 0. The van der Waals surface area contributed by atoms with Crippen LogP contribution in [-0.4, -0.2) is 32.5 Å². The number of pyridine rings is 1. The molecule has 3 aliphatic rings. The van der Waals surface area contributed by atoms with Crippen LogP contribution in [0.3, 0.4) is 0 Å². The summed E-state index contributed by atoms with van der Waals surface area (Å²) in [6, 6.07) is 3.40. The number of nitrogens with zero attached hydrogens (tertiary/aromatic N) is 1. The lowest BCUT2D eigenvalue weighted by Gasteiger charge is -2.40. The van der Waals surface area contributed by atoms with E-state index in [4.69, 9.17) is 0 Å². The zero-order valence-corrected chi connectivity index (χ0v) is 13.7. The summed E-state index contributed by atoms with van der Waals surface area (Å²) in [5, 5.41) is 21.1. The number of Topliss-reactive ketones (excluding diaryl/α,β-unsaturated/α-hetero) is 3. The average molecular weight is 339 g/mol. The van der Waals surface area contributed by atoms with Crippen molar-refractivity contribution in [2.75, 3.05) is 0 Å². The van der Waals surface area contributed by atoms with Crippen molar-refractivity contribution in [1.29, 1.82) is 0 Å². The molecule has 3 atom stereocenters. The zero-order chi connectivity index (χ0) is 17.9. The maximum atomic E-state index is 13.0. The SMILES string of the molecule is CC(=O)C1=C(O)C2C(=O)C3=C(O)c4cccnc4C[C@H]3C[C@H]2CC1=O. The molecule has 1 fully saturated rings. The fourth-order valence-electron chi connectivity index (χ4n) is 4.46. The number of ketones is 3. The van der Waals surface area contributed by atoms with Gasteiger partial charge in [-0.1, -0.05) is 0 Å². The Labute approximate surface area is 143 Å². The molecule has 6 heteroatoms. The topological polar surface area (TPSA) is 105 Å². The van der Waals surface area contributed by atoms with Crippen molar-refractivity contribution in [3.05, 3.63) is 46.5 Å². The normalized spacial score (nSPS) is 28.4. The van der Waals surface area contributed by atoms with Gasteiger partial charge in [0.1, 0.15) is 11.5 Å². The number of carbonyl (C=O) groups excluding carboxylic acids is 3. The van der Waals surface area contributed by atoms with E-state index in [1.165, 1.54) is 6.92 Å². The van der Waals surface area contributed by atoms with Gasteiger partial charge in [-0.05, 0) is 43.7 Å². The molecule has 1 saturated carbocycles. The van der Waals surface area contributed by atoms with Crippen LogP contribution in [0.1, 0.15) is 31.0 Å². The largest absolute Gasteiger partial charge is 0.511 e. The fraction of sp³-hybridized carbons (Fsp3) is 0.368. The summed E-state index contributed by atoms with van der Waals surface area (Å²) in [5.41, 5.74) is 1.27. The summed E-state index contributed by atoms with van der Waals surface area (Å²) in [4.78, 5) is 41.2. The predicted molar refractivity (Wildman–Crippen MR) is 87.5 cm³/mol. The van der Waals surface area contributed by atoms with E-state index < -0.39 is 29.0 Å². The van der Waals surface area contributed by atoms with Gasteiger partial charge in [0.05, 0.1) is 17.2 Å². The first-order valence-corrected chi connectivity index (χ1v) is 8.29. The molecule has 0 aliphatic heterocycles. The smallest absolute Gasteiger partial charge is 0.173 e. The van der Waals surface area contributed by atoms with Crippen molar-refractivity contribution in [2.45, 2.75) is 26.2 Å². The van der Waals surface area contributed by atoms with E-state index >= 15 is 0 Å². The van der Waals surface area contributed by atoms with Gasteiger partial charge in [-0.15, -0.1) is 0 Å². The third-order valence-electron chi connectivity index (χ3n) is 5.48. The molecule has 0 radical (unpaired) electrons. The molecule has 3 aliphatic carbocycles. The van der Waals surface area contributed by atoms with Gasteiger partial charge < -0.3 is 10.2 Å². The quantitative estimate of drug-likeness (QED) is 0.759. The van der Waals surface area contributed by atoms with Crippen molar-refractivity contribution < 1.29 is 24.6 Å². The van der Waals surface area contributed by atoms with E-state index in [9.17, 15) is 24.6 Å². The Morgan fingerprint density at radius 1 is 1.24 bits per heavy atom. The lowest BCUT2D eigenvalue weighted by atomic mass is 9.62. The van der Waals surface area contributed by atoms with Crippen molar-refractivity contribution in [2.24, 2.45) is 17.8 Å². The Balaban J connectivity index is 1.85. The minimum absolute atomic E-state index is 0.0645. The second-order valence-corrected chi connectivity index (χ2v) is 6.94. The molecule has 25 heavy (non-hydrogen) atoms. The summed E-state index contributed by atoms with van der Waals surface area (Å²) in [5.74, 6) is -3.38. The minimum atomic E-state index is -0.928. The number of allylic oxidation sites excluding steroid dienone is 3. The highest BCUT2D eigenvalue weighted by molar-refractivity contribution is 6.21. The van der Waals surface area contributed by atoms with E-state index in [0.29, 0.717) is 18.4 Å². The van der Waals surface area contributed by atoms with Crippen LogP contribution in [0.5, 0.6) is 0 Å². The molecule has 1 heterocycles. The molecule has 2 N–H and O–H groups in total. The second kappa shape index (κ2) is 5.37. The lowest BCUT2D eigenvalue weighted by Crippen LogP contribution is -2.43. The molecular formula is C19H17NO5. The summed E-state index contributed by atoms with van der Waals surface area (Å²) in [6.07, 6.45) is 2.72. The molecule has 0 spiro atoms. The van der Waals surface area contributed by atoms with Gasteiger partial charge >= 0.3 is 0 Å². The molecule has 1 aromatic rings. The molecule has 0 amide bonds. The monoisotopic (exact) mass is 339 g/mol. The van der Waals surface area contributed by atoms with E-state index in [-0.39, 0.29) is 35.2 Å². The summed E-state index contributed by atoms with van der Waals surface area (Å²) in [6.45, 7) is 1.21. The molecule has 1 unspecified atom stereocenters. The van der Waals surface area contributed by atoms with E-state index in [2.05, 4.69) is 4.98 Å². The molecule has 0 aromatic carbocycles. The Kier molecular flexibility index (Phi) is 3.39. The Morgan fingerprint density at radius 2 is 2.00 bits per heavy atom. The van der Waals surface area contributed by atoms with Crippen LogP contribution < -0.4 is 0 Å². The number of carbonyl (C=O) groups is 3. The van der Waals surface area contributed by atoms with Crippen LogP contribution in [0.25, 0.3) is 5.76 Å². The van der Waals surface area contributed by atoms with Gasteiger partial charge in [-0.3, -0.25) is 19.4 Å². The third kappa shape index (κ3) is 2.17. The van der Waals surface area contributed by atoms with Crippen molar-refractivity contribution in [3.8, 4) is 0 Å². The Hall–Kier alpha value is -2.76. The summed E-state index contributed by atoms with van der Waals surface area (Å²) >= 11 is 0. The van der Waals surface area contributed by atoms with Gasteiger partial charge in [0.2, 0.25) is 0 Å². The number of rotatable bonds is 1. The molecule has 0 bridgehead atoms. The Morgan fingerprint density at radius 3 is 2.72 bits per heavy atom. The van der Waals surface area contributed by atoms with Gasteiger partial charge in [-0.2, -0.15) is 0 Å². The van der Waals surface area contributed by atoms with E-state index in [0.717, 1.165) is 5.69 Å². The second-order valence-electron chi connectivity index (χ2n) is 6.94. The van der Waals surface area contributed by atoms with Gasteiger partial charge in [0, 0.05) is 23.8 Å². The number of hydrogen-bond donors (Lipinski definition) is 2. The molecule has 4 rings (SSSR count).